The zero-order chi connectivity index (χ0) is 48.2. The number of aryl methyl sites for hydroxylation is 1. The maximum atomic E-state index is 14.2. The quantitative estimate of drug-likeness (QED) is 0.0582. The Labute approximate surface area is 391 Å². The number of rotatable bonds is 17. The number of amides is 2. The van der Waals surface area contributed by atoms with Crippen molar-refractivity contribution in [3.8, 4) is 0 Å². The zero-order valence-corrected chi connectivity index (χ0v) is 38.4. The molecule has 0 aromatic heterocycles. The van der Waals surface area contributed by atoms with Gasteiger partial charge in [-0.2, -0.15) is 0 Å². The normalized spacial score (nSPS) is 19.9. The molecule has 15 heteroatoms. The Bertz CT molecular complexity index is 2740. The molecule has 0 radical (unpaired) electrons. The Morgan fingerprint density at radius 3 is 1.57 bits per heavy atom. The third-order valence-electron chi connectivity index (χ3n) is 12.2. The van der Waals surface area contributed by atoms with Crippen molar-refractivity contribution < 1.29 is 57.3 Å². The van der Waals surface area contributed by atoms with Crippen LogP contribution in [0.25, 0.3) is 0 Å². The second kappa shape index (κ2) is 19.8. The number of Topliss-reactive ketones (excluding diaryl/α,β-unsaturated/α-hetero) is 2. The lowest BCUT2D eigenvalue weighted by Gasteiger charge is -2.60. The lowest BCUT2D eigenvalue weighted by atomic mass is 9.52. The molecule has 4 aliphatic carbocycles. The molecule has 0 spiro atoms. The molecule has 14 nitrogen and oxygen atoms in total. The first-order valence-corrected chi connectivity index (χ1v) is 22.5. The molecule has 4 saturated carbocycles. The number of hydrogen-bond acceptors (Lipinski definition) is 13. The van der Waals surface area contributed by atoms with Crippen LogP contribution in [-0.2, 0) is 28.5 Å². The molecule has 67 heavy (non-hydrogen) atoms. The van der Waals surface area contributed by atoms with Crippen molar-refractivity contribution in [3.63, 3.8) is 0 Å². The summed E-state index contributed by atoms with van der Waals surface area (Å²) in [6.07, 6.45) is 4.10. The van der Waals surface area contributed by atoms with E-state index in [9.17, 15) is 38.4 Å². The van der Waals surface area contributed by atoms with Crippen LogP contribution in [0, 0.1) is 18.8 Å². The van der Waals surface area contributed by atoms with Gasteiger partial charge in [-0.05, 0) is 143 Å². The predicted octanol–water partition coefficient (Wildman–Crippen LogP) is 8.47. The van der Waals surface area contributed by atoms with E-state index in [1.54, 1.807) is 42.5 Å². The van der Waals surface area contributed by atoms with E-state index >= 15 is 0 Å². The molecule has 4 aliphatic rings. The third-order valence-corrected chi connectivity index (χ3v) is 13.2. The minimum absolute atomic E-state index is 0.0386. The van der Waals surface area contributed by atoms with E-state index in [0.717, 1.165) is 23.7 Å². The van der Waals surface area contributed by atoms with Crippen LogP contribution in [0.1, 0.15) is 120 Å². The Hall–Kier alpha value is -7.13. The minimum atomic E-state index is -0.957. The molecule has 0 heterocycles. The van der Waals surface area contributed by atoms with E-state index < -0.39 is 71.7 Å². The highest BCUT2D eigenvalue weighted by atomic mass is 32.2. The van der Waals surface area contributed by atoms with Crippen LogP contribution >= 0.6 is 11.8 Å². The van der Waals surface area contributed by atoms with Crippen molar-refractivity contribution in [2.24, 2.45) is 11.8 Å². The van der Waals surface area contributed by atoms with E-state index in [1.807, 2.05) is 19.1 Å². The van der Waals surface area contributed by atoms with Crippen LogP contribution in [0.5, 0.6) is 0 Å². The van der Waals surface area contributed by atoms with Crippen molar-refractivity contribution in [2.45, 2.75) is 80.3 Å². The van der Waals surface area contributed by atoms with E-state index in [2.05, 4.69) is 23.8 Å². The average molecular weight is 927 g/mol. The Kier molecular flexibility index (Phi) is 14.1. The first-order valence-electron chi connectivity index (χ1n) is 21.7. The van der Waals surface area contributed by atoms with Gasteiger partial charge in [-0.1, -0.05) is 48.7 Å². The number of anilines is 1. The number of ketones is 2. The number of esters is 4. The van der Waals surface area contributed by atoms with Crippen molar-refractivity contribution in [3.05, 3.63) is 148 Å². The van der Waals surface area contributed by atoms with Crippen LogP contribution in [-0.4, -0.2) is 78.7 Å². The van der Waals surface area contributed by atoms with Gasteiger partial charge in [-0.25, -0.2) is 19.2 Å². The van der Waals surface area contributed by atoms with Crippen molar-refractivity contribution >= 4 is 64.7 Å². The van der Waals surface area contributed by atoms with Gasteiger partial charge in [-0.3, -0.25) is 19.2 Å². The van der Waals surface area contributed by atoms with E-state index in [0.29, 0.717) is 47.5 Å². The Balaban J connectivity index is 1.10. The average Bonchev–Trinajstić information content (AvgIpc) is 3.28. The number of carbonyl (C=O) groups is 8. The summed E-state index contributed by atoms with van der Waals surface area (Å²) in [5.41, 5.74) is 0.173. The smallest absolute Gasteiger partial charge is 0.339 e. The molecule has 2 N–H and O–H groups in total. The van der Waals surface area contributed by atoms with Gasteiger partial charge in [-0.15, -0.1) is 0 Å². The Morgan fingerprint density at radius 1 is 0.612 bits per heavy atom. The van der Waals surface area contributed by atoms with Gasteiger partial charge in [0.05, 0.1) is 33.4 Å². The summed E-state index contributed by atoms with van der Waals surface area (Å²) in [5.74, 6) is -4.73. The molecule has 346 valence electrons. The molecule has 2 atom stereocenters. The van der Waals surface area contributed by atoms with Crippen molar-refractivity contribution in [1.29, 1.82) is 0 Å². The van der Waals surface area contributed by atoms with Crippen LogP contribution in [0.4, 0.5) is 5.69 Å². The first kappa shape index (κ1) is 47.8. The fourth-order valence-electron chi connectivity index (χ4n) is 9.38. The molecule has 0 saturated heterocycles. The number of carbonyl (C=O) groups excluding carboxylic acids is 8. The van der Waals surface area contributed by atoms with Gasteiger partial charge in [0.2, 0.25) is 0 Å². The highest BCUT2D eigenvalue weighted by molar-refractivity contribution is 7.99. The van der Waals surface area contributed by atoms with Crippen LogP contribution in [0.3, 0.4) is 0 Å². The van der Waals surface area contributed by atoms with E-state index in [-0.39, 0.29) is 56.5 Å². The van der Waals surface area contributed by atoms with E-state index in [4.69, 9.17) is 18.9 Å². The number of nitrogens with one attached hydrogen (secondary N) is 2. The predicted molar refractivity (Wildman–Crippen MR) is 247 cm³/mol. The number of hydrogen-bond donors (Lipinski definition) is 2. The highest BCUT2D eigenvalue weighted by Crippen LogP contribution is 2.60. The Morgan fingerprint density at radius 2 is 1.09 bits per heavy atom. The van der Waals surface area contributed by atoms with Crippen LogP contribution in [0.15, 0.2) is 119 Å². The second-order valence-corrected chi connectivity index (χ2v) is 18.8. The molecule has 0 aliphatic heterocycles. The molecule has 2 unspecified atom stereocenters. The zero-order valence-electron chi connectivity index (χ0n) is 37.6. The topological polar surface area (TPSA) is 198 Å². The molecule has 8 rings (SSSR count). The fourth-order valence-corrected chi connectivity index (χ4v) is 10.3. The third kappa shape index (κ3) is 11.1. The standard InChI is InChI=1S/C52H50N2O12S/c1-29(2)43(55)26-63-49(61)39-15-13-37(20-41(39)45(57)53-6)67-38-14-16-40(50(62)64-27-44(56)30(3)4)42(21-38)46(58)54-36-12-8-11-35(19-36)48(60)66-52-24-32-18-33(25-52)23-51(22-32,28-52)65-47(59)34-10-7-9-31(5)17-34/h7-17,19-21,32-33H,1,3,18,22-28H2,2,4-6H3,(H,53,57)(H,54,58). The first-order chi connectivity index (χ1) is 31.8. The summed E-state index contributed by atoms with van der Waals surface area (Å²) >= 11 is 1.10. The van der Waals surface area contributed by atoms with Gasteiger partial charge in [0.1, 0.15) is 11.2 Å². The second-order valence-electron chi connectivity index (χ2n) is 17.7. The molecule has 4 aromatic carbocycles. The summed E-state index contributed by atoms with van der Waals surface area (Å²) in [6.45, 7) is 10.8. The minimum Gasteiger partial charge on any atom is -0.455 e. The summed E-state index contributed by atoms with van der Waals surface area (Å²) in [6, 6.07) is 22.2. The monoisotopic (exact) mass is 926 g/mol. The lowest BCUT2D eigenvalue weighted by molar-refractivity contribution is -0.200. The van der Waals surface area contributed by atoms with Gasteiger partial charge >= 0.3 is 23.9 Å². The molecule has 4 fully saturated rings. The molecule has 4 aromatic rings. The van der Waals surface area contributed by atoms with Crippen LogP contribution in [0.2, 0.25) is 0 Å². The summed E-state index contributed by atoms with van der Waals surface area (Å²) in [5, 5.41) is 5.26. The molecular weight excluding hydrogens is 877 g/mol. The fraction of sp³-hybridized carbons (Fsp3) is 0.308. The molecule has 4 bridgehead atoms. The highest BCUT2D eigenvalue weighted by Gasteiger charge is 2.61. The van der Waals surface area contributed by atoms with E-state index in [1.165, 1.54) is 51.2 Å². The lowest BCUT2D eigenvalue weighted by Crippen LogP contribution is -2.61. The maximum absolute atomic E-state index is 14.2. The number of ether oxygens (including phenoxy) is 4. The maximum Gasteiger partial charge on any atom is 0.339 e. The number of benzene rings is 4. The van der Waals surface area contributed by atoms with Gasteiger partial charge < -0.3 is 29.6 Å². The summed E-state index contributed by atoms with van der Waals surface area (Å²) in [4.78, 5) is 106. The SMILES string of the molecule is C=C(C)C(=O)COC(=O)c1ccc(Sc2ccc(C(=O)OCC(=O)C(=C)C)c(C(=O)Nc3cccc(C(=O)OC45CC6CC(CC(OC(=O)c7cccc(C)c7)(C6)C4)C5)c3)c2)cc1C(=O)NC. The van der Waals surface area contributed by atoms with Crippen molar-refractivity contribution in [1.82, 2.24) is 5.32 Å². The summed E-state index contributed by atoms with van der Waals surface area (Å²) < 4.78 is 23.1. The van der Waals surface area contributed by atoms with Crippen LogP contribution < -0.4 is 10.6 Å². The van der Waals surface area contributed by atoms with Gasteiger partial charge in [0.25, 0.3) is 11.8 Å². The summed E-state index contributed by atoms with van der Waals surface area (Å²) in [7, 11) is 1.39. The molecule has 2 amide bonds. The van der Waals surface area contributed by atoms with Gasteiger partial charge in [0, 0.05) is 28.9 Å². The molecular formula is C52H50N2O12S. The van der Waals surface area contributed by atoms with Gasteiger partial charge in [0.15, 0.2) is 24.8 Å². The van der Waals surface area contributed by atoms with Crippen molar-refractivity contribution in [2.75, 3.05) is 25.6 Å². The largest absolute Gasteiger partial charge is 0.455 e.